The number of esters is 2. The topological polar surface area (TPSA) is 85.3 Å². The summed E-state index contributed by atoms with van der Waals surface area (Å²) in [4.78, 5) is 26.1. The minimum atomic E-state index is -0.789. The molecular weight excluding hydrogens is 350 g/mol. The van der Waals surface area contributed by atoms with E-state index in [2.05, 4.69) is 0 Å². The molecule has 134 valence electrons. The number of methoxy groups -OCH3 is 3. The molecule has 0 radical (unpaired) electrons. The van der Waals surface area contributed by atoms with Gasteiger partial charge in [0.15, 0.2) is 11.5 Å². The summed E-state index contributed by atoms with van der Waals surface area (Å²) in [6, 6.07) is 2.97. The highest BCUT2D eigenvalue weighted by atomic mass is 35.5. The van der Waals surface area contributed by atoms with Crippen molar-refractivity contribution in [1.82, 2.24) is 4.90 Å². The third-order valence-electron chi connectivity index (χ3n) is 3.75. The van der Waals surface area contributed by atoms with E-state index in [1.807, 2.05) is 0 Å². The molecule has 0 saturated heterocycles. The van der Waals surface area contributed by atoms with Crippen LogP contribution in [-0.4, -0.2) is 50.3 Å². The van der Waals surface area contributed by atoms with E-state index in [9.17, 15) is 14.7 Å². The molecule has 0 amide bonds. The summed E-state index contributed by atoms with van der Waals surface area (Å²) in [6.07, 6.45) is 3.10. The molecule has 1 N–H and O–H groups in total. The van der Waals surface area contributed by atoms with Gasteiger partial charge in [0.1, 0.15) is 0 Å². The average Bonchev–Trinajstić information content (AvgIpc) is 2.61. The smallest absolute Gasteiger partial charge is 0.336 e. The molecule has 2 rings (SSSR count). The number of aromatic hydroxyl groups is 1. The zero-order valence-corrected chi connectivity index (χ0v) is 15.0. The molecule has 1 heterocycles. The second kappa shape index (κ2) is 7.48. The van der Waals surface area contributed by atoms with Crippen molar-refractivity contribution < 1.29 is 28.9 Å². The molecule has 0 aliphatic carbocycles. The second-order valence-electron chi connectivity index (χ2n) is 5.30. The predicted molar refractivity (Wildman–Crippen MR) is 90.4 cm³/mol. The van der Waals surface area contributed by atoms with E-state index in [-0.39, 0.29) is 27.7 Å². The lowest BCUT2D eigenvalue weighted by molar-refractivity contribution is -0.137. The van der Waals surface area contributed by atoms with Crippen LogP contribution in [0.2, 0.25) is 5.02 Å². The van der Waals surface area contributed by atoms with Gasteiger partial charge in [-0.05, 0) is 17.7 Å². The lowest BCUT2D eigenvalue weighted by Gasteiger charge is -2.28. The molecule has 0 bridgehead atoms. The Hall–Kier alpha value is -2.67. The minimum absolute atomic E-state index is 0.0294. The third-order valence-corrected chi connectivity index (χ3v) is 4.04. The van der Waals surface area contributed by atoms with Crippen LogP contribution in [0.4, 0.5) is 0 Å². The maximum Gasteiger partial charge on any atom is 0.336 e. The highest BCUT2D eigenvalue weighted by Crippen LogP contribution is 2.42. The molecule has 0 fully saturated rings. The maximum atomic E-state index is 12.2. The van der Waals surface area contributed by atoms with Crippen LogP contribution in [0.15, 0.2) is 35.7 Å². The lowest BCUT2D eigenvalue weighted by atomic mass is 9.83. The predicted octanol–water partition coefficient (Wildman–Crippen LogP) is 2.20. The van der Waals surface area contributed by atoms with Crippen LogP contribution in [0.5, 0.6) is 11.5 Å². The molecule has 1 aliphatic rings. The van der Waals surface area contributed by atoms with Crippen molar-refractivity contribution in [2.75, 3.05) is 28.4 Å². The molecule has 0 aromatic heterocycles. The van der Waals surface area contributed by atoms with E-state index in [4.69, 9.17) is 25.8 Å². The quantitative estimate of drug-likeness (QED) is 0.816. The summed E-state index contributed by atoms with van der Waals surface area (Å²) in [6.45, 7) is 0. The molecular formula is C17H18ClNO6. The SMILES string of the molecule is COC(=O)C1=CN(C)C=C(C(=O)OC)C1c1cc(Cl)c(O)c(OC)c1. The van der Waals surface area contributed by atoms with Crippen molar-refractivity contribution in [2.45, 2.75) is 5.92 Å². The van der Waals surface area contributed by atoms with E-state index in [0.717, 1.165) is 0 Å². The third kappa shape index (κ3) is 3.56. The lowest BCUT2D eigenvalue weighted by Crippen LogP contribution is -2.27. The first-order chi connectivity index (χ1) is 11.8. The molecule has 1 aromatic rings. The number of carbonyl (C=O) groups excluding carboxylic acids is 2. The Morgan fingerprint density at radius 1 is 1.08 bits per heavy atom. The van der Waals surface area contributed by atoms with Gasteiger partial charge in [-0.2, -0.15) is 0 Å². The zero-order chi connectivity index (χ0) is 18.7. The number of benzene rings is 1. The molecule has 0 unspecified atom stereocenters. The number of phenolic OH excluding ortho intramolecular Hbond substituents is 1. The largest absolute Gasteiger partial charge is 0.503 e. The number of rotatable bonds is 4. The molecule has 0 spiro atoms. The first kappa shape index (κ1) is 18.7. The average molecular weight is 368 g/mol. The number of carbonyl (C=O) groups is 2. The van der Waals surface area contributed by atoms with Crippen molar-refractivity contribution in [3.63, 3.8) is 0 Å². The van der Waals surface area contributed by atoms with Crippen LogP contribution < -0.4 is 4.74 Å². The molecule has 25 heavy (non-hydrogen) atoms. The second-order valence-corrected chi connectivity index (χ2v) is 5.71. The summed E-state index contributed by atoms with van der Waals surface area (Å²) in [5.41, 5.74) is 0.912. The summed E-state index contributed by atoms with van der Waals surface area (Å²) in [7, 11) is 5.55. The fourth-order valence-corrected chi connectivity index (χ4v) is 2.86. The molecule has 1 aliphatic heterocycles. The van der Waals surface area contributed by atoms with Gasteiger partial charge in [-0.3, -0.25) is 0 Å². The number of ether oxygens (including phenoxy) is 3. The molecule has 1 aromatic carbocycles. The van der Waals surface area contributed by atoms with Crippen molar-refractivity contribution in [3.8, 4) is 11.5 Å². The van der Waals surface area contributed by atoms with Crippen molar-refractivity contribution >= 4 is 23.5 Å². The van der Waals surface area contributed by atoms with Crippen LogP contribution >= 0.6 is 11.6 Å². The van der Waals surface area contributed by atoms with Gasteiger partial charge in [0.05, 0.1) is 43.4 Å². The van der Waals surface area contributed by atoms with E-state index >= 15 is 0 Å². The van der Waals surface area contributed by atoms with Gasteiger partial charge >= 0.3 is 11.9 Å². The molecule has 0 atom stereocenters. The first-order valence-electron chi connectivity index (χ1n) is 7.22. The molecule has 7 nitrogen and oxygen atoms in total. The Bertz CT molecular complexity index is 737. The summed E-state index contributed by atoms with van der Waals surface area (Å²) in [5.74, 6) is -2.10. The standard InChI is InChI=1S/C17H18ClNO6/c1-19-7-10(16(21)24-3)14(11(8-19)17(22)25-4)9-5-12(18)15(20)13(6-9)23-2/h5-8,14,20H,1-4H3. The van der Waals surface area contributed by atoms with Gasteiger partial charge in [0, 0.05) is 19.4 Å². The highest BCUT2D eigenvalue weighted by Gasteiger charge is 2.35. The van der Waals surface area contributed by atoms with Crippen molar-refractivity contribution in [3.05, 3.63) is 46.3 Å². The monoisotopic (exact) mass is 367 g/mol. The number of phenols is 1. The van der Waals surface area contributed by atoms with Gasteiger partial charge in [0.2, 0.25) is 0 Å². The number of halogens is 1. The van der Waals surface area contributed by atoms with E-state index < -0.39 is 17.9 Å². The van der Waals surface area contributed by atoms with Gasteiger partial charge in [-0.25, -0.2) is 9.59 Å². The van der Waals surface area contributed by atoms with Gasteiger partial charge < -0.3 is 24.2 Å². The van der Waals surface area contributed by atoms with Gasteiger partial charge in [0.25, 0.3) is 0 Å². The fourth-order valence-electron chi connectivity index (χ4n) is 2.64. The molecule has 8 heteroatoms. The van der Waals surface area contributed by atoms with Crippen molar-refractivity contribution in [1.29, 1.82) is 0 Å². The maximum absolute atomic E-state index is 12.2. The van der Waals surface area contributed by atoms with Crippen LogP contribution in [0.3, 0.4) is 0 Å². The summed E-state index contributed by atoms with van der Waals surface area (Å²) >= 11 is 6.06. The number of hydrogen-bond donors (Lipinski definition) is 1. The zero-order valence-electron chi connectivity index (χ0n) is 14.2. The number of hydrogen-bond acceptors (Lipinski definition) is 7. The van der Waals surface area contributed by atoms with Crippen LogP contribution in [0.1, 0.15) is 11.5 Å². The van der Waals surface area contributed by atoms with Gasteiger partial charge in [-0.1, -0.05) is 11.6 Å². The number of nitrogens with zero attached hydrogens (tertiary/aromatic N) is 1. The highest BCUT2D eigenvalue weighted by molar-refractivity contribution is 6.32. The van der Waals surface area contributed by atoms with Crippen LogP contribution in [-0.2, 0) is 19.1 Å². The normalized spacial score (nSPS) is 14.5. The van der Waals surface area contributed by atoms with E-state index in [1.54, 1.807) is 24.3 Å². The van der Waals surface area contributed by atoms with E-state index in [1.165, 1.54) is 33.5 Å². The Morgan fingerprint density at radius 3 is 2.04 bits per heavy atom. The van der Waals surface area contributed by atoms with Gasteiger partial charge in [-0.15, -0.1) is 0 Å². The Balaban J connectivity index is 2.68. The Labute approximate surface area is 150 Å². The Morgan fingerprint density at radius 2 is 1.60 bits per heavy atom. The van der Waals surface area contributed by atoms with E-state index in [0.29, 0.717) is 5.56 Å². The summed E-state index contributed by atoms with van der Waals surface area (Å²) < 4.78 is 14.8. The first-order valence-corrected chi connectivity index (χ1v) is 7.60. The Kier molecular flexibility index (Phi) is 5.58. The van der Waals surface area contributed by atoms with Crippen molar-refractivity contribution in [2.24, 2.45) is 0 Å². The van der Waals surface area contributed by atoms with Crippen LogP contribution in [0.25, 0.3) is 0 Å². The summed E-state index contributed by atoms with van der Waals surface area (Å²) in [5, 5.41) is 9.96. The molecule has 0 saturated carbocycles. The fraction of sp³-hybridized carbons (Fsp3) is 0.294. The minimum Gasteiger partial charge on any atom is -0.503 e. The van der Waals surface area contributed by atoms with Crippen LogP contribution in [0, 0.1) is 0 Å².